The largest absolute Gasteiger partial charge is 0.310 e. The Morgan fingerprint density at radius 1 is 0.418 bits per heavy atom. The van der Waals surface area contributed by atoms with Gasteiger partial charge in [-0.15, -0.1) is 0 Å². The number of hydrogen-bond donors (Lipinski definition) is 0. The summed E-state index contributed by atoms with van der Waals surface area (Å²) in [6, 6.07) is 78.9. The number of para-hydroxylation sites is 1. The lowest BCUT2D eigenvalue weighted by molar-refractivity contribution is 0.662. The fraction of sp³-hybridized carbons (Fsp3) is 0.0769. The van der Waals surface area contributed by atoms with Crippen molar-refractivity contribution < 1.29 is 0 Å². The van der Waals surface area contributed by atoms with E-state index in [0.29, 0.717) is 0 Å². The molecule has 0 fully saturated rings. The van der Waals surface area contributed by atoms with E-state index in [2.05, 4.69) is 254 Å². The van der Waals surface area contributed by atoms with Crippen molar-refractivity contribution in [2.45, 2.75) is 32.1 Å². The molecule has 2 aliphatic carbocycles. The molecular formula is C65H48N2. The third-order valence-electron chi connectivity index (χ3n) is 14.6. The minimum Gasteiger partial charge on any atom is -0.310 e. The number of hydrogen-bond acceptors (Lipinski definition) is 1. The average molecular weight is 857 g/mol. The molecule has 318 valence electrons. The normalized spacial score (nSPS) is 13.9. The van der Waals surface area contributed by atoms with E-state index in [9.17, 15) is 0 Å². The van der Waals surface area contributed by atoms with Gasteiger partial charge >= 0.3 is 0 Å². The zero-order valence-corrected chi connectivity index (χ0v) is 37.7. The molecule has 0 saturated heterocycles. The summed E-state index contributed by atoms with van der Waals surface area (Å²) in [4.78, 5) is 2.44. The maximum atomic E-state index is 2.45. The summed E-state index contributed by atoms with van der Waals surface area (Å²) in [5, 5.41) is 7.59. The number of aromatic nitrogens is 1. The number of nitrogens with zero attached hydrogens (tertiary/aromatic N) is 2. The standard InChI is InChI=1S/C65H48N2/c1-65(2)60-32-10-8-25-57(60)58-31-15-29-54(64(58)65)44-35-38-48(39-36-44)66(49-22-12-18-45(41-49)52-27-14-30-55-51-24-7-6-17-43(51)37-40-56(52)55)50-23-13-19-46(42-50)53-28-16-34-62-63(53)59-26-9-11-33-61(59)67(62)47-20-4-3-5-21-47/h4,6-42H,3,5H2,1-2H3. The molecular weight excluding hydrogens is 809 g/mol. The van der Waals surface area contributed by atoms with Gasteiger partial charge in [0.2, 0.25) is 0 Å². The summed E-state index contributed by atoms with van der Waals surface area (Å²) in [5.41, 5.74) is 19.7. The van der Waals surface area contributed by atoms with Gasteiger partial charge < -0.3 is 9.47 Å². The zero-order chi connectivity index (χ0) is 44.6. The van der Waals surface area contributed by atoms with Gasteiger partial charge in [-0.05, 0) is 145 Å². The third kappa shape index (κ3) is 6.24. The monoisotopic (exact) mass is 856 g/mol. The summed E-state index contributed by atoms with van der Waals surface area (Å²) in [6.07, 6.45) is 9.10. The van der Waals surface area contributed by atoms with Crippen molar-refractivity contribution in [3.8, 4) is 44.5 Å². The van der Waals surface area contributed by atoms with Crippen LogP contribution >= 0.6 is 0 Å². The predicted molar refractivity (Wildman–Crippen MR) is 286 cm³/mol. The van der Waals surface area contributed by atoms with Gasteiger partial charge in [0.15, 0.2) is 0 Å². The molecule has 10 aromatic carbocycles. The van der Waals surface area contributed by atoms with Crippen molar-refractivity contribution in [1.82, 2.24) is 4.57 Å². The molecule has 0 spiro atoms. The Morgan fingerprint density at radius 2 is 1.04 bits per heavy atom. The topological polar surface area (TPSA) is 8.17 Å². The zero-order valence-electron chi connectivity index (χ0n) is 37.7. The molecule has 0 bridgehead atoms. The predicted octanol–water partition coefficient (Wildman–Crippen LogP) is 18.1. The molecule has 2 heteroatoms. The number of allylic oxidation sites excluding steroid dienone is 4. The molecule has 0 aliphatic heterocycles. The number of fused-ring (bicyclic) bond motifs is 9. The Balaban J connectivity index is 0.976. The van der Waals surface area contributed by atoms with Gasteiger partial charge in [-0.25, -0.2) is 0 Å². The maximum absolute atomic E-state index is 2.45. The molecule has 0 N–H and O–H groups in total. The van der Waals surface area contributed by atoms with Crippen LogP contribution in [0.3, 0.4) is 0 Å². The van der Waals surface area contributed by atoms with Crippen molar-refractivity contribution in [1.29, 1.82) is 0 Å². The van der Waals surface area contributed by atoms with Crippen LogP contribution in [0.15, 0.2) is 231 Å². The van der Waals surface area contributed by atoms with Crippen LogP contribution in [-0.2, 0) is 5.41 Å². The molecule has 11 aromatic rings. The lowest BCUT2D eigenvalue weighted by Gasteiger charge is -2.27. The minimum atomic E-state index is -0.110. The Hall–Kier alpha value is -8.20. The maximum Gasteiger partial charge on any atom is 0.0547 e. The lowest BCUT2D eigenvalue weighted by Crippen LogP contribution is -2.16. The van der Waals surface area contributed by atoms with E-state index < -0.39 is 0 Å². The van der Waals surface area contributed by atoms with Crippen LogP contribution in [0.25, 0.3) is 93.6 Å². The summed E-state index contributed by atoms with van der Waals surface area (Å²) >= 11 is 0. The van der Waals surface area contributed by atoms with Gasteiger partial charge in [-0.1, -0.05) is 190 Å². The molecule has 0 unspecified atom stereocenters. The van der Waals surface area contributed by atoms with Crippen LogP contribution in [0.5, 0.6) is 0 Å². The summed E-state index contributed by atoms with van der Waals surface area (Å²) in [7, 11) is 0. The fourth-order valence-corrected chi connectivity index (χ4v) is 11.5. The number of anilines is 3. The van der Waals surface area contributed by atoms with E-state index in [1.807, 2.05) is 0 Å². The van der Waals surface area contributed by atoms with Crippen molar-refractivity contribution in [3.63, 3.8) is 0 Å². The van der Waals surface area contributed by atoms with E-state index >= 15 is 0 Å². The second kappa shape index (κ2) is 15.5. The van der Waals surface area contributed by atoms with Crippen LogP contribution < -0.4 is 4.90 Å². The Labute approximate surface area is 392 Å². The molecule has 0 saturated carbocycles. The van der Waals surface area contributed by atoms with Crippen LogP contribution in [0.1, 0.15) is 37.8 Å². The molecule has 1 aromatic heterocycles. The van der Waals surface area contributed by atoms with Gasteiger partial charge in [-0.2, -0.15) is 0 Å². The summed E-state index contributed by atoms with van der Waals surface area (Å²) in [5.74, 6) is 0. The highest BCUT2D eigenvalue weighted by molar-refractivity contribution is 6.17. The van der Waals surface area contributed by atoms with E-state index in [1.165, 1.54) is 105 Å². The number of benzene rings is 10. The van der Waals surface area contributed by atoms with Crippen molar-refractivity contribution >= 4 is 66.1 Å². The van der Waals surface area contributed by atoms with Crippen LogP contribution in [0.4, 0.5) is 17.1 Å². The highest BCUT2D eigenvalue weighted by atomic mass is 15.1. The van der Waals surface area contributed by atoms with E-state index in [1.54, 1.807) is 0 Å². The molecule has 0 atom stereocenters. The molecule has 0 radical (unpaired) electrons. The Kier molecular flexibility index (Phi) is 9.05. The van der Waals surface area contributed by atoms with Crippen LogP contribution in [-0.4, -0.2) is 4.57 Å². The molecule has 2 aliphatic rings. The van der Waals surface area contributed by atoms with E-state index in [-0.39, 0.29) is 5.41 Å². The first-order valence-corrected chi connectivity index (χ1v) is 23.7. The second-order valence-corrected chi connectivity index (χ2v) is 18.7. The fourth-order valence-electron chi connectivity index (χ4n) is 11.5. The first-order valence-electron chi connectivity index (χ1n) is 23.7. The lowest BCUT2D eigenvalue weighted by atomic mass is 9.79. The highest BCUT2D eigenvalue weighted by Crippen LogP contribution is 2.52. The van der Waals surface area contributed by atoms with Gasteiger partial charge in [0.05, 0.1) is 11.0 Å². The third-order valence-corrected chi connectivity index (χ3v) is 14.6. The molecule has 13 rings (SSSR count). The quantitative estimate of drug-likeness (QED) is 0.145. The van der Waals surface area contributed by atoms with Crippen LogP contribution in [0.2, 0.25) is 0 Å². The summed E-state index contributed by atoms with van der Waals surface area (Å²) < 4.78 is 2.45. The van der Waals surface area contributed by atoms with Gasteiger partial charge in [-0.3, -0.25) is 0 Å². The Morgan fingerprint density at radius 3 is 1.87 bits per heavy atom. The average Bonchev–Trinajstić information content (AvgIpc) is 3.85. The number of rotatable bonds is 7. The van der Waals surface area contributed by atoms with E-state index in [0.717, 1.165) is 29.9 Å². The van der Waals surface area contributed by atoms with Gasteiger partial charge in [0, 0.05) is 38.9 Å². The van der Waals surface area contributed by atoms with Crippen LogP contribution in [0, 0.1) is 0 Å². The van der Waals surface area contributed by atoms with E-state index in [4.69, 9.17) is 0 Å². The Bertz CT molecular complexity index is 3840. The molecule has 1 heterocycles. The highest BCUT2D eigenvalue weighted by Gasteiger charge is 2.37. The first kappa shape index (κ1) is 39.2. The van der Waals surface area contributed by atoms with Gasteiger partial charge in [0.25, 0.3) is 0 Å². The van der Waals surface area contributed by atoms with Crippen molar-refractivity contribution in [2.24, 2.45) is 0 Å². The van der Waals surface area contributed by atoms with Crippen molar-refractivity contribution in [3.05, 3.63) is 242 Å². The van der Waals surface area contributed by atoms with Gasteiger partial charge in [0.1, 0.15) is 0 Å². The summed E-state index contributed by atoms with van der Waals surface area (Å²) in [6.45, 7) is 4.75. The molecule has 0 amide bonds. The SMILES string of the molecule is CC1(C)c2ccccc2-c2cccc(-c3ccc(N(c4cccc(-c5cccc6c5ccc5ccccc56)c4)c4cccc(-c5cccc6c5c5ccccc5n6C5=CCCC=C5)c4)cc3)c21. The van der Waals surface area contributed by atoms with Crippen molar-refractivity contribution in [2.75, 3.05) is 4.90 Å². The molecule has 2 nitrogen and oxygen atoms in total. The molecule has 67 heavy (non-hydrogen) atoms. The smallest absolute Gasteiger partial charge is 0.0547 e. The first-order chi connectivity index (χ1) is 33.0. The second-order valence-electron chi connectivity index (χ2n) is 18.7. The minimum absolute atomic E-state index is 0.110.